The lowest BCUT2D eigenvalue weighted by Crippen LogP contribution is -2.56. The standard InChI is InChI=1S/C18H22FNO2/c1-2-18(10-4-3-5-11-18)20-12-13-22-17(21)16(20)14-6-8-15(19)9-7-14/h3-10,16-17,21H,2,11-13H2,1H3/t16-,17+,18+/m1/s1. The van der Waals surface area contributed by atoms with Gasteiger partial charge < -0.3 is 9.84 Å². The average molecular weight is 303 g/mol. The summed E-state index contributed by atoms with van der Waals surface area (Å²) < 4.78 is 18.7. The Morgan fingerprint density at radius 3 is 2.73 bits per heavy atom. The Hall–Kier alpha value is -1.49. The topological polar surface area (TPSA) is 32.7 Å². The molecule has 3 rings (SSSR count). The first-order valence-electron chi connectivity index (χ1n) is 7.82. The molecule has 0 radical (unpaired) electrons. The van der Waals surface area contributed by atoms with E-state index in [4.69, 9.17) is 4.74 Å². The van der Waals surface area contributed by atoms with E-state index >= 15 is 0 Å². The van der Waals surface area contributed by atoms with E-state index in [1.54, 1.807) is 12.1 Å². The fraction of sp³-hybridized carbons (Fsp3) is 0.444. The maximum atomic E-state index is 13.2. The van der Waals surface area contributed by atoms with E-state index in [-0.39, 0.29) is 17.4 Å². The molecule has 1 N–H and O–H groups in total. The van der Waals surface area contributed by atoms with Crippen molar-refractivity contribution in [1.82, 2.24) is 4.90 Å². The van der Waals surface area contributed by atoms with Crippen molar-refractivity contribution in [3.8, 4) is 0 Å². The van der Waals surface area contributed by atoms with Gasteiger partial charge in [-0.3, -0.25) is 4.90 Å². The Morgan fingerprint density at radius 1 is 1.32 bits per heavy atom. The van der Waals surface area contributed by atoms with E-state index in [0.717, 1.165) is 24.9 Å². The van der Waals surface area contributed by atoms with Crippen LogP contribution in [0.15, 0.2) is 48.6 Å². The van der Waals surface area contributed by atoms with E-state index in [0.29, 0.717) is 6.61 Å². The van der Waals surface area contributed by atoms with E-state index in [1.165, 1.54) is 12.1 Å². The molecule has 3 atom stereocenters. The third-order valence-electron chi connectivity index (χ3n) is 4.75. The molecule has 0 spiro atoms. The van der Waals surface area contributed by atoms with Crippen molar-refractivity contribution in [1.29, 1.82) is 0 Å². The Kier molecular flexibility index (Phi) is 4.43. The zero-order valence-corrected chi connectivity index (χ0v) is 12.8. The number of nitrogens with zero attached hydrogens (tertiary/aromatic N) is 1. The highest BCUT2D eigenvalue weighted by atomic mass is 19.1. The van der Waals surface area contributed by atoms with Crippen LogP contribution in [0.5, 0.6) is 0 Å². The summed E-state index contributed by atoms with van der Waals surface area (Å²) in [7, 11) is 0. The fourth-order valence-corrected chi connectivity index (χ4v) is 3.49. The van der Waals surface area contributed by atoms with Gasteiger partial charge in [0.1, 0.15) is 5.82 Å². The first-order valence-corrected chi connectivity index (χ1v) is 7.82. The normalized spacial score (nSPS) is 32.3. The Morgan fingerprint density at radius 2 is 2.09 bits per heavy atom. The second-order valence-electron chi connectivity index (χ2n) is 5.90. The lowest BCUT2D eigenvalue weighted by Gasteiger charge is -2.50. The van der Waals surface area contributed by atoms with Crippen molar-refractivity contribution in [3.63, 3.8) is 0 Å². The van der Waals surface area contributed by atoms with Gasteiger partial charge in [0.25, 0.3) is 0 Å². The monoisotopic (exact) mass is 303 g/mol. The quantitative estimate of drug-likeness (QED) is 0.931. The molecular weight excluding hydrogens is 281 g/mol. The largest absolute Gasteiger partial charge is 0.366 e. The highest BCUT2D eigenvalue weighted by molar-refractivity contribution is 5.26. The van der Waals surface area contributed by atoms with E-state index in [2.05, 4.69) is 36.1 Å². The van der Waals surface area contributed by atoms with Crippen molar-refractivity contribution >= 4 is 0 Å². The molecule has 0 bridgehead atoms. The van der Waals surface area contributed by atoms with E-state index in [9.17, 15) is 9.50 Å². The molecule has 1 fully saturated rings. The van der Waals surface area contributed by atoms with Crippen LogP contribution in [-0.4, -0.2) is 35.0 Å². The van der Waals surface area contributed by atoms with Gasteiger partial charge in [-0.25, -0.2) is 4.39 Å². The number of hydrogen-bond donors (Lipinski definition) is 1. The molecule has 3 nitrogen and oxygen atoms in total. The van der Waals surface area contributed by atoms with Gasteiger partial charge in [-0.2, -0.15) is 0 Å². The molecule has 1 aliphatic carbocycles. The maximum Gasteiger partial charge on any atom is 0.174 e. The van der Waals surface area contributed by atoms with Crippen LogP contribution in [0.2, 0.25) is 0 Å². The van der Waals surface area contributed by atoms with Crippen molar-refractivity contribution in [2.45, 2.75) is 37.6 Å². The molecule has 1 saturated heterocycles. The van der Waals surface area contributed by atoms with Crippen molar-refractivity contribution < 1.29 is 14.2 Å². The SMILES string of the molecule is CC[C@]1(N2CCO[C@H](O)[C@H]2c2ccc(F)cc2)C=CC=CC1. The molecule has 1 aromatic rings. The number of allylic oxidation sites excluding steroid dienone is 2. The molecule has 0 unspecified atom stereocenters. The predicted molar refractivity (Wildman–Crippen MR) is 83.7 cm³/mol. The van der Waals surface area contributed by atoms with Gasteiger partial charge in [-0.05, 0) is 30.5 Å². The third-order valence-corrected chi connectivity index (χ3v) is 4.75. The lowest BCUT2D eigenvalue weighted by atomic mass is 9.83. The maximum absolute atomic E-state index is 13.2. The molecule has 0 saturated carbocycles. The van der Waals surface area contributed by atoms with Gasteiger partial charge in [-0.15, -0.1) is 0 Å². The average Bonchev–Trinajstić information content (AvgIpc) is 2.56. The zero-order chi connectivity index (χ0) is 15.6. The van der Waals surface area contributed by atoms with Crippen LogP contribution in [0.25, 0.3) is 0 Å². The van der Waals surface area contributed by atoms with E-state index in [1.807, 2.05) is 0 Å². The van der Waals surface area contributed by atoms with Crippen molar-refractivity contribution in [3.05, 3.63) is 60.0 Å². The number of rotatable bonds is 3. The zero-order valence-electron chi connectivity index (χ0n) is 12.8. The van der Waals surface area contributed by atoms with E-state index < -0.39 is 6.29 Å². The summed E-state index contributed by atoms with van der Waals surface area (Å²) in [6.45, 7) is 3.40. The third kappa shape index (κ3) is 2.74. The summed E-state index contributed by atoms with van der Waals surface area (Å²) in [6.07, 6.45) is 9.44. The van der Waals surface area contributed by atoms with Crippen LogP contribution in [0, 0.1) is 5.82 Å². The first kappa shape index (κ1) is 15.4. The number of aliphatic hydroxyl groups is 1. The second kappa shape index (κ2) is 6.32. The molecule has 1 heterocycles. The molecule has 1 aromatic carbocycles. The van der Waals surface area contributed by atoms with Crippen LogP contribution < -0.4 is 0 Å². The van der Waals surface area contributed by atoms with Gasteiger partial charge in [0.2, 0.25) is 0 Å². The lowest BCUT2D eigenvalue weighted by molar-refractivity contribution is -0.198. The molecule has 4 heteroatoms. The predicted octanol–water partition coefficient (Wildman–Crippen LogP) is 3.18. The van der Waals surface area contributed by atoms with Gasteiger partial charge in [0, 0.05) is 12.1 Å². The molecule has 2 aliphatic rings. The highest BCUT2D eigenvalue weighted by Gasteiger charge is 2.43. The Labute approximate surface area is 130 Å². The number of benzene rings is 1. The van der Waals surface area contributed by atoms with Crippen LogP contribution in [0.4, 0.5) is 4.39 Å². The van der Waals surface area contributed by atoms with Crippen molar-refractivity contribution in [2.75, 3.05) is 13.2 Å². The number of aliphatic hydroxyl groups excluding tert-OH is 1. The fourth-order valence-electron chi connectivity index (χ4n) is 3.49. The Bertz CT molecular complexity index is 569. The number of halogens is 1. The molecule has 22 heavy (non-hydrogen) atoms. The Balaban J connectivity index is 1.98. The van der Waals surface area contributed by atoms with Gasteiger partial charge in [0.05, 0.1) is 12.6 Å². The minimum atomic E-state index is -0.901. The van der Waals surface area contributed by atoms with Crippen LogP contribution in [-0.2, 0) is 4.74 Å². The van der Waals surface area contributed by atoms with Crippen LogP contribution in [0.3, 0.4) is 0 Å². The minimum absolute atomic E-state index is 0.126. The van der Waals surface area contributed by atoms with Crippen LogP contribution in [0.1, 0.15) is 31.4 Å². The molecular formula is C18H22FNO2. The summed E-state index contributed by atoms with van der Waals surface area (Å²) in [4.78, 5) is 2.30. The molecule has 1 aliphatic heterocycles. The highest BCUT2D eigenvalue weighted by Crippen LogP contribution is 2.39. The summed E-state index contributed by atoms with van der Waals surface area (Å²) in [6, 6.07) is 6.05. The van der Waals surface area contributed by atoms with Crippen molar-refractivity contribution in [2.24, 2.45) is 0 Å². The smallest absolute Gasteiger partial charge is 0.174 e. The van der Waals surface area contributed by atoms with Gasteiger partial charge >= 0.3 is 0 Å². The number of ether oxygens (including phenoxy) is 1. The number of hydrogen-bond acceptors (Lipinski definition) is 3. The molecule has 0 amide bonds. The minimum Gasteiger partial charge on any atom is -0.366 e. The second-order valence-corrected chi connectivity index (χ2v) is 5.90. The van der Waals surface area contributed by atoms with Gasteiger partial charge in [0.15, 0.2) is 6.29 Å². The number of morpholine rings is 1. The summed E-state index contributed by atoms with van der Waals surface area (Å²) >= 11 is 0. The summed E-state index contributed by atoms with van der Waals surface area (Å²) in [5.74, 6) is -0.271. The molecule has 0 aromatic heterocycles. The van der Waals surface area contributed by atoms with Gasteiger partial charge in [-0.1, -0.05) is 43.4 Å². The first-order chi connectivity index (χ1) is 10.7. The van der Waals surface area contributed by atoms with Crippen LogP contribution >= 0.6 is 0 Å². The summed E-state index contributed by atoms with van der Waals surface area (Å²) in [5, 5.41) is 10.4. The molecule has 118 valence electrons. The summed E-state index contributed by atoms with van der Waals surface area (Å²) in [5.41, 5.74) is 0.753.